The van der Waals surface area contributed by atoms with Crippen LogP contribution in [0.5, 0.6) is 0 Å². The number of aromatic nitrogens is 2. The van der Waals surface area contributed by atoms with Crippen molar-refractivity contribution >= 4 is 10.8 Å². The van der Waals surface area contributed by atoms with Crippen molar-refractivity contribution in [3.63, 3.8) is 0 Å². The molecular formula is C26H30N2. The summed E-state index contributed by atoms with van der Waals surface area (Å²) in [7, 11) is 0. The largest absolute Gasteiger partial charge is 0.361 e. The van der Waals surface area contributed by atoms with Crippen molar-refractivity contribution in [1.29, 1.82) is 0 Å². The first-order valence-electron chi connectivity index (χ1n) is 10.1. The lowest BCUT2D eigenvalue weighted by Gasteiger charge is -2.27. The molecule has 4 rings (SSSR count). The van der Waals surface area contributed by atoms with E-state index in [1.807, 2.05) is 12.4 Å². The molecule has 2 aromatic heterocycles. The molecule has 0 spiro atoms. The van der Waals surface area contributed by atoms with E-state index in [4.69, 9.17) is 0 Å². The van der Waals surface area contributed by atoms with E-state index >= 15 is 0 Å². The van der Waals surface area contributed by atoms with Crippen molar-refractivity contribution in [3.05, 3.63) is 72.1 Å². The zero-order valence-corrected chi connectivity index (χ0v) is 17.8. The molecule has 2 heteroatoms. The molecule has 2 N–H and O–H groups in total. The van der Waals surface area contributed by atoms with Crippen molar-refractivity contribution in [3.8, 4) is 22.5 Å². The number of nitrogens with one attached hydrogen (secondary N) is 2. The highest BCUT2D eigenvalue weighted by atomic mass is 14.7. The average Bonchev–Trinajstić information content (AvgIpc) is 3.32. The molecule has 0 radical (unpaired) electrons. The molecule has 0 bridgehead atoms. The summed E-state index contributed by atoms with van der Waals surface area (Å²) in [6, 6.07) is 17.9. The molecular weight excluding hydrogens is 340 g/mol. The van der Waals surface area contributed by atoms with Crippen LogP contribution >= 0.6 is 0 Å². The second-order valence-corrected chi connectivity index (χ2v) is 9.77. The average molecular weight is 371 g/mol. The molecule has 0 saturated heterocycles. The molecule has 2 nitrogen and oxygen atoms in total. The molecule has 0 fully saturated rings. The lowest BCUT2D eigenvalue weighted by atomic mass is 9.77. The Bertz CT molecular complexity index is 1100. The normalized spacial score (nSPS) is 12.6. The Labute approximate surface area is 168 Å². The van der Waals surface area contributed by atoms with Crippen LogP contribution in [-0.4, -0.2) is 9.97 Å². The van der Waals surface area contributed by atoms with E-state index in [-0.39, 0.29) is 10.8 Å². The van der Waals surface area contributed by atoms with Gasteiger partial charge in [-0.15, -0.1) is 0 Å². The topological polar surface area (TPSA) is 31.6 Å². The van der Waals surface area contributed by atoms with Gasteiger partial charge in [0.05, 0.1) is 0 Å². The van der Waals surface area contributed by atoms with Crippen LogP contribution in [0.3, 0.4) is 0 Å². The summed E-state index contributed by atoms with van der Waals surface area (Å²) in [5, 5.41) is 2.60. The first kappa shape index (κ1) is 18.6. The molecule has 0 amide bonds. The second-order valence-electron chi connectivity index (χ2n) is 9.77. The molecule has 0 aliphatic heterocycles. The summed E-state index contributed by atoms with van der Waals surface area (Å²) in [5.74, 6) is 0. The van der Waals surface area contributed by atoms with Crippen molar-refractivity contribution in [2.24, 2.45) is 0 Å². The molecule has 2 aromatic carbocycles. The van der Waals surface area contributed by atoms with E-state index in [1.165, 1.54) is 44.4 Å². The standard InChI is InChI=1S/C26H30N2/c1-25(2,3)17-11-12-18-19(15-17)20(22-9-7-13-27-22)16-21(26(4,5)6)24(18)23-10-8-14-28-23/h7-16,27-28H,1-6H3. The molecule has 28 heavy (non-hydrogen) atoms. The van der Waals surface area contributed by atoms with Crippen LogP contribution < -0.4 is 0 Å². The van der Waals surface area contributed by atoms with Gasteiger partial charge in [-0.3, -0.25) is 0 Å². The van der Waals surface area contributed by atoms with Crippen molar-refractivity contribution in [2.75, 3.05) is 0 Å². The summed E-state index contributed by atoms with van der Waals surface area (Å²) in [6.45, 7) is 13.7. The van der Waals surface area contributed by atoms with E-state index in [2.05, 4.69) is 100 Å². The molecule has 4 aromatic rings. The Balaban J connectivity index is 2.17. The van der Waals surface area contributed by atoms with Gasteiger partial charge >= 0.3 is 0 Å². The number of fused-ring (bicyclic) bond motifs is 1. The van der Waals surface area contributed by atoms with Crippen LogP contribution in [0.4, 0.5) is 0 Å². The van der Waals surface area contributed by atoms with E-state index in [0.29, 0.717) is 0 Å². The van der Waals surface area contributed by atoms with Gasteiger partial charge in [0.15, 0.2) is 0 Å². The summed E-state index contributed by atoms with van der Waals surface area (Å²) in [5.41, 5.74) is 7.77. The van der Waals surface area contributed by atoms with E-state index in [9.17, 15) is 0 Å². The zero-order valence-electron chi connectivity index (χ0n) is 17.8. The number of aromatic amines is 2. The van der Waals surface area contributed by atoms with Crippen LogP contribution in [0.1, 0.15) is 52.7 Å². The fraction of sp³-hybridized carbons (Fsp3) is 0.308. The number of benzene rings is 2. The predicted molar refractivity (Wildman–Crippen MR) is 121 cm³/mol. The van der Waals surface area contributed by atoms with Crippen LogP contribution in [-0.2, 0) is 10.8 Å². The molecule has 0 atom stereocenters. The molecule has 0 unspecified atom stereocenters. The summed E-state index contributed by atoms with van der Waals surface area (Å²) in [6.07, 6.45) is 4.01. The monoisotopic (exact) mass is 370 g/mol. The minimum Gasteiger partial charge on any atom is -0.361 e. The first-order chi connectivity index (χ1) is 13.2. The highest BCUT2D eigenvalue weighted by molar-refractivity contribution is 6.06. The lowest BCUT2D eigenvalue weighted by Crippen LogP contribution is -2.14. The smallest absolute Gasteiger partial charge is 0.0463 e. The minimum absolute atomic E-state index is 0.0265. The van der Waals surface area contributed by atoms with Gasteiger partial charge in [-0.05, 0) is 69.1 Å². The zero-order chi connectivity index (χ0) is 20.1. The molecule has 0 aliphatic rings. The highest BCUT2D eigenvalue weighted by Crippen LogP contribution is 2.43. The number of hydrogen-bond donors (Lipinski definition) is 2. The van der Waals surface area contributed by atoms with Crippen LogP contribution in [0.15, 0.2) is 60.9 Å². The van der Waals surface area contributed by atoms with Gasteiger partial charge in [0.1, 0.15) is 0 Å². The Kier molecular flexibility index (Phi) is 4.26. The van der Waals surface area contributed by atoms with Gasteiger partial charge in [0.25, 0.3) is 0 Å². The molecule has 144 valence electrons. The van der Waals surface area contributed by atoms with Crippen LogP contribution in [0, 0.1) is 0 Å². The fourth-order valence-corrected chi connectivity index (χ4v) is 3.98. The number of H-pyrrole nitrogens is 2. The maximum atomic E-state index is 3.45. The number of rotatable bonds is 2. The van der Waals surface area contributed by atoms with Gasteiger partial charge < -0.3 is 9.97 Å². The van der Waals surface area contributed by atoms with Crippen molar-refractivity contribution < 1.29 is 0 Å². The third kappa shape index (κ3) is 3.17. The quantitative estimate of drug-likeness (QED) is 0.368. The molecule has 0 aliphatic carbocycles. The van der Waals surface area contributed by atoms with E-state index in [1.54, 1.807) is 0 Å². The SMILES string of the molecule is CC(C)(C)c1ccc2c(-c3ccc[nH]3)c(C(C)(C)C)cc(-c3ccc[nH]3)c2c1. The van der Waals surface area contributed by atoms with E-state index < -0.39 is 0 Å². The van der Waals surface area contributed by atoms with Gasteiger partial charge in [-0.25, -0.2) is 0 Å². The predicted octanol–water partition coefficient (Wildman–Crippen LogP) is 7.43. The summed E-state index contributed by atoms with van der Waals surface area (Å²) < 4.78 is 0. The minimum atomic E-state index is 0.0265. The maximum Gasteiger partial charge on any atom is 0.0463 e. The van der Waals surface area contributed by atoms with E-state index in [0.717, 1.165) is 0 Å². The van der Waals surface area contributed by atoms with Gasteiger partial charge in [-0.2, -0.15) is 0 Å². The van der Waals surface area contributed by atoms with Crippen LogP contribution in [0.2, 0.25) is 0 Å². The van der Waals surface area contributed by atoms with Gasteiger partial charge in [0, 0.05) is 34.9 Å². The molecule has 0 saturated carbocycles. The Morgan fingerprint density at radius 2 is 1.29 bits per heavy atom. The third-order valence-electron chi connectivity index (χ3n) is 5.57. The molecule has 2 heterocycles. The maximum absolute atomic E-state index is 3.45. The second kappa shape index (κ2) is 6.41. The van der Waals surface area contributed by atoms with Gasteiger partial charge in [0.2, 0.25) is 0 Å². The van der Waals surface area contributed by atoms with Gasteiger partial charge in [-0.1, -0.05) is 53.7 Å². The van der Waals surface area contributed by atoms with Crippen molar-refractivity contribution in [1.82, 2.24) is 9.97 Å². The highest BCUT2D eigenvalue weighted by Gasteiger charge is 2.25. The Morgan fingerprint density at radius 3 is 1.82 bits per heavy atom. The Morgan fingerprint density at radius 1 is 0.643 bits per heavy atom. The van der Waals surface area contributed by atoms with Crippen LogP contribution in [0.25, 0.3) is 33.3 Å². The lowest BCUT2D eigenvalue weighted by molar-refractivity contribution is 0.590. The summed E-state index contributed by atoms with van der Waals surface area (Å²) in [4.78, 5) is 6.88. The third-order valence-corrected chi connectivity index (χ3v) is 5.57. The number of hydrogen-bond acceptors (Lipinski definition) is 0. The summed E-state index contributed by atoms with van der Waals surface area (Å²) >= 11 is 0. The van der Waals surface area contributed by atoms with Crippen molar-refractivity contribution in [2.45, 2.75) is 52.4 Å². The Hall–Kier alpha value is -2.74. The fourth-order valence-electron chi connectivity index (χ4n) is 3.98. The first-order valence-corrected chi connectivity index (χ1v) is 10.1.